The average Bonchev–Trinajstić information content (AvgIpc) is 2.30. The first kappa shape index (κ1) is 10.6. The number of morpholine rings is 1. The molecule has 7 nitrogen and oxygen atoms in total. The van der Waals surface area contributed by atoms with Crippen molar-refractivity contribution >= 4 is 11.9 Å². The van der Waals surface area contributed by atoms with Crippen LogP contribution in [-0.2, 0) is 11.2 Å². The maximum atomic E-state index is 8.59. The summed E-state index contributed by atoms with van der Waals surface area (Å²) in [5, 5.41) is 8.59. The van der Waals surface area contributed by atoms with Crippen LogP contribution < -0.4 is 10.6 Å². The fourth-order valence-corrected chi connectivity index (χ4v) is 1.48. The number of nitrogen functional groups attached to an aromatic ring is 1. The molecule has 1 aliphatic rings. The SMILES string of the molecule is N#CCc1nc(N)nc(N2CCOCC2)n1. The van der Waals surface area contributed by atoms with Crippen LogP contribution in [0.3, 0.4) is 0 Å². The van der Waals surface area contributed by atoms with E-state index >= 15 is 0 Å². The smallest absolute Gasteiger partial charge is 0.230 e. The minimum absolute atomic E-state index is 0.143. The predicted molar refractivity (Wildman–Crippen MR) is 56.6 cm³/mol. The van der Waals surface area contributed by atoms with Crippen molar-refractivity contribution in [1.29, 1.82) is 5.26 Å². The fourth-order valence-electron chi connectivity index (χ4n) is 1.48. The van der Waals surface area contributed by atoms with Gasteiger partial charge < -0.3 is 15.4 Å². The van der Waals surface area contributed by atoms with E-state index in [9.17, 15) is 0 Å². The third-order valence-corrected chi connectivity index (χ3v) is 2.22. The van der Waals surface area contributed by atoms with E-state index in [2.05, 4.69) is 15.0 Å². The van der Waals surface area contributed by atoms with Crippen molar-refractivity contribution in [3.63, 3.8) is 0 Å². The molecular formula is C9H12N6O. The highest BCUT2D eigenvalue weighted by atomic mass is 16.5. The Bertz CT molecular complexity index is 409. The van der Waals surface area contributed by atoms with Gasteiger partial charge in [0, 0.05) is 13.1 Å². The third-order valence-electron chi connectivity index (χ3n) is 2.22. The molecule has 2 N–H and O–H groups in total. The molecule has 0 aliphatic carbocycles. The zero-order valence-corrected chi connectivity index (χ0v) is 8.76. The Hall–Kier alpha value is -1.94. The minimum atomic E-state index is 0.143. The van der Waals surface area contributed by atoms with Gasteiger partial charge in [-0.25, -0.2) is 0 Å². The normalized spacial score (nSPS) is 15.8. The van der Waals surface area contributed by atoms with Gasteiger partial charge in [-0.2, -0.15) is 20.2 Å². The van der Waals surface area contributed by atoms with Crippen molar-refractivity contribution in [2.24, 2.45) is 0 Å². The summed E-state index contributed by atoms with van der Waals surface area (Å²) >= 11 is 0. The van der Waals surface area contributed by atoms with Crippen molar-refractivity contribution in [3.8, 4) is 6.07 Å². The second-order valence-corrected chi connectivity index (χ2v) is 3.34. The number of hydrogen-bond donors (Lipinski definition) is 1. The number of nitrogens with zero attached hydrogens (tertiary/aromatic N) is 5. The highest BCUT2D eigenvalue weighted by Gasteiger charge is 2.15. The Morgan fingerprint density at radius 1 is 1.31 bits per heavy atom. The molecule has 1 aliphatic heterocycles. The zero-order valence-electron chi connectivity index (χ0n) is 8.76. The van der Waals surface area contributed by atoms with Gasteiger partial charge in [-0.1, -0.05) is 0 Å². The average molecular weight is 220 g/mol. The summed E-state index contributed by atoms with van der Waals surface area (Å²) in [5.74, 6) is 1.10. The summed E-state index contributed by atoms with van der Waals surface area (Å²) in [6.07, 6.45) is 0.143. The monoisotopic (exact) mass is 220 g/mol. The van der Waals surface area contributed by atoms with Crippen molar-refractivity contribution < 1.29 is 4.74 Å². The molecule has 0 amide bonds. The highest BCUT2D eigenvalue weighted by molar-refractivity contribution is 5.35. The van der Waals surface area contributed by atoms with E-state index in [1.54, 1.807) is 0 Å². The summed E-state index contributed by atoms with van der Waals surface area (Å²) < 4.78 is 5.23. The zero-order chi connectivity index (χ0) is 11.4. The molecule has 16 heavy (non-hydrogen) atoms. The van der Waals surface area contributed by atoms with E-state index in [4.69, 9.17) is 15.7 Å². The molecule has 1 saturated heterocycles. The third kappa shape index (κ3) is 2.35. The first-order valence-electron chi connectivity index (χ1n) is 4.99. The Labute approximate surface area is 92.9 Å². The van der Waals surface area contributed by atoms with Gasteiger partial charge in [-0.3, -0.25) is 0 Å². The largest absolute Gasteiger partial charge is 0.378 e. The van der Waals surface area contributed by atoms with E-state index in [0.717, 1.165) is 13.1 Å². The molecule has 0 aromatic carbocycles. The van der Waals surface area contributed by atoms with Gasteiger partial charge in [0.05, 0.1) is 25.7 Å². The molecule has 0 spiro atoms. The lowest BCUT2D eigenvalue weighted by Crippen LogP contribution is -2.37. The number of nitrogens with two attached hydrogens (primary N) is 1. The molecule has 0 atom stereocenters. The van der Waals surface area contributed by atoms with Crippen molar-refractivity contribution in [2.75, 3.05) is 36.9 Å². The van der Waals surface area contributed by atoms with Gasteiger partial charge in [0.25, 0.3) is 0 Å². The van der Waals surface area contributed by atoms with Gasteiger partial charge in [0.15, 0.2) is 0 Å². The minimum Gasteiger partial charge on any atom is -0.378 e. The van der Waals surface area contributed by atoms with Crippen LogP contribution in [0.4, 0.5) is 11.9 Å². The van der Waals surface area contributed by atoms with E-state index in [0.29, 0.717) is 25.0 Å². The number of aromatic nitrogens is 3. The highest BCUT2D eigenvalue weighted by Crippen LogP contribution is 2.11. The molecule has 1 aromatic rings. The topological polar surface area (TPSA) is 101 Å². The lowest BCUT2D eigenvalue weighted by Gasteiger charge is -2.26. The molecule has 2 heterocycles. The fraction of sp³-hybridized carbons (Fsp3) is 0.556. The number of hydrogen-bond acceptors (Lipinski definition) is 7. The van der Waals surface area contributed by atoms with Gasteiger partial charge in [-0.15, -0.1) is 0 Å². The van der Waals surface area contributed by atoms with Crippen LogP contribution in [-0.4, -0.2) is 41.3 Å². The molecule has 2 rings (SSSR count). The molecule has 1 fully saturated rings. The predicted octanol–water partition coefficient (Wildman–Crippen LogP) is -0.644. The van der Waals surface area contributed by atoms with Crippen LogP contribution in [0, 0.1) is 11.3 Å². The second-order valence-electron chi connectivity index (χ2n) is 3.34. The Kier molecular flexibility index (Phi) is 3.12. The molecule has 0 unspecified atom stereocenters. The molecular weight excluding hydrogens is 208 g/mol. The van der Waals surface area contributed by atoms with Gasteiger partial charge >= 0.3 is 0 Å². The molecule has 0 saturated carbocycles. The Morgan fingerprint density at radius 3 is 2.75 bits per heavy atom. The van der Waals surface area contributed by atoms with Gasteiger partial charge in [-0.05, 0) is 0 Å². The maximum absolute atomic E-state index is 8.59. The first-order chi connectivity index (χ1) is 7.79. The Balaban J connectivity index is 2.22. The number of ether oxygens (including phenoxy) is 1. The van der Waals surface area contributed by atoms with Crippen molar-refractivity contribution in [3.05, 3.63) is 5.82 Å². The second kappa shape index (κ2) is 4.72. The summed E-state index contributed by atoms with van der Waals surface area (Å²) in [6, 6.07) is 1.99. The van der Waals surface area contributed by atoms with Gasteiger partial charge in [0.2, 0.25) is 11.9 Å². The summed E-state index contributed by atoms with van der Waals surface area (Å²) in [6.45, 7) is 2.77. The molecule has 0 radical (unpaired) electrons. The van der Waals surface area contributed by atoms with Gasteiger partial charge in [0.1, 0.15) is 5.82 Å². The number of anilines is 2. The van der Waals surface area contributed by atoms with Crippen LogP contribution in [0.5, 0.6) is 0 Å². The van der Waals surface area contributed by atoms with Crippen LogP contribution >= 0.6 is 0 Å². The molecule has 7 heteroatoms. The van der Waals surface area contributed by atoms with Crippen molar-refractivity contribution in [1.82, 2.24) is 15.0 Å². The van der Waals surface area contributed by atoms with Crippen LogP contribution in [0.2, 0.25) is 0 Å². The van der Waals surface area contributed by atoms with E-state index in [1.807, 2.05) is 11.0 Å². The van der Waals surface area contributed by atoms with E-state index < -0.39 is 0 Å². The van der Waals surface area contributed by atoms with E-state index in [1.165, 1.54) is 0 Å². The molecule has 1 aromatic heterocycles. The van der Waals surface area contributed by atoms with E-state index in [-0.39, 0.29) is 12.4 Å². The number of rotatable bonds is 2. The van der Waals surface area contributed by atoms with Crippen LogP contribution in [0.1, 0.15) is 5.82 Å². The summed E-state index contributed by atoms with van der Waals surface area (Å²) in [5.41, 5.74) is 5.57. The maximum Gasteiger partial charge on any atom is 0.230 e. The summed E-state index contributed by atoms with van der Waals surface area (Å²) in [7, 11) is 0. The standard InChI is InChI=1S/C9H12N6O/c10-2-1-7-12-8(11)14-9(13-7)15-3-5-16-6-4-15/h1,3-6H2,(H2,11,12,13,14). The van der Waals surface area contributed by atoms with Crippen LogP contribution in [0.15, 0.2) is 0 Å². The Morgan fingerprint density at radius 2 is 2.06 bits per heavy atom. The summed E-state index contributed by atoms with van der Waals surface area (Å²) in [4.78, 5) is 14.1. The molecule has 0 bridgehead atoms. The molecule has 84 valence electrons. The van der Waals surface area contributed by atoms with Crippen molar-refractivity contribution in [2.45, 2.75) is 6.42 Å². The quantitative estimate of drug-likeness (QED) is 0.707. The lowest BCUT2D eigenvalue weighted by molar-refractivity contribution is 0.122. The number of nitriles is 1. The first-order valence-corrected chi connectivity index (χ1v) is 4.99. The lowest BCUT2D eigenvalue weighted by atomic mass is 10.4. The van der Waals surface area contributed by atoms with Crippen LogP contribution in [0.25, 0.3) is 0 Å².